The average Bonchev–Trinajstić information content (AvgIpc) is 2.86. The maximum absolute atomic E-state index is 12.3. The van der Waals surface area contributed by atoms with Crippen LogP contribution in [0.2, 0.25) is 0 Å². The lowest BCUT2D eigenvalue weighted by molar-refractivity contribution is 0.161. The molecule has 7 nitrogen and oxygen atoms in total. The molecule has 1 aliphatic heterocycles. The number of phenolic OH excluding ortho intramolecular Hbond substituents is 1. The largest absolute Gasteiger partial charge is 0.507 e. The summed E-state index contributed by atoms with van der Waals surface area (Å²) in [6.45, 7) is 1.60. The predicted octanol–water partition coefficient (Wildman–Crippen LogP) is 2.32. The van der Waals surface area contributed by atoms with Crippen LogP contribution in [0.25, 0.3) is 0 Å². The summed E-state index contributed by atoms with van der Waals surface area (Å²) >= 11 is 3.32. The number of amidine groups is 1. The smallest absolute Gasteiger partial charge is 0.285 e. The summed E-state index contributed by atoms with van der Waals surface area (Å²) in [5.41, 5.74) is 0.855. The standard InChI is InChI=1S/C17H16BrN3O4S/c1-11(22)10-21(19-9-12-8-13(18)6-7-15(12)23)17-14-4-2-3-5-16(14)26(24,25)20-17/h2-9,11,22-23H,10H2,1H3/b19-9-/t11-/m0/s1. The molecule has 0 unspecified atom stereocenters. The van der Waals surface area contributed by atoms with Crippen molar-refractivity contribution in [3.05, 3.63) is 58.1 Å². The fourth-order valence-electron chi connectivity index (χ4n) is 2.47. The number of hydrogen-bond acceptors (Lipinski definition) is 6. The summed E-state index contributed by atoms with van der Waals surface area (Å²) in [6, 6.07) is 11.3. The summed E-state index contributed by atoms with van der Waals surface area (Å²) in [6.07, 6.45) is 0.611. The molecule has 0 aromatic heterocycles. The van der Waals surface area contributed by atoms with Gasteiger partial charge in [0.1, 0.15) is 10.6 Å². The number of fused-ring (bicyclic) bond motifs is 1. The van der Waals surface area contributed by atoms with Crippen LogP contribution >= 0.6 is 15.9 Å². The van der Waals surface area contributed by atoms with Gasteiger partial charge in [0.15, 0.2) is 5.84 Å². The molecule has 2 aromatic rings. The number of aromatic hydroxyl groups is 1. The van der Waals surface area contributed by atoms with E-state index in [9.17, 15) is 18.6 Å². The minimum atomic E-state index is -3.80. The zero-order valence-electron chi connectivity index (χ0n) is 13.7. The lowest BCUT2D eigenvalue weighted by atomic mass is 10.2. The molecule has 3 rings (SSSR count). The van der Waals surface area contributed by atoms with Crippen LogP contribution in [0.3, 0.4) is 0 Å². The van der Waals surface area contributed by atoms with Gasteiger partial charge >= 0.3 is 0 Å². The molecular weight excluding hydrogens is 422 g/mol. The van der Waals surface area contributed by atoms with Crippen molar-refractivity contribution in [2.45, 2.75) is 17.9 Å². The van der Waals surface area contributed by atoms with Crippen LogP contribution in [-0.2, 0) is 10.0 Å². The first-order chi connectivity index (χ1) is 12.3. The van der Waals surface area contributed by atoms with Crippen LogP contribution in [0.1, 0.15) is 18.1 Å². The number of aliphatic hydroxyl groups excluding tert-OH is 1. The number of nitrogens with zero attached hydrogens (tertiary/aromatic N) is 3. The van der Waals surface area contributed by atoms with Crippen LogP contribution in [0.4, 0.5) is 0 Å². The number of rotatable bonds is 4. The molecule has 26 heavy (non-hydrogen) atoms. The molecule has 2 N–H and O–H groups in total. The Morgan fingerprint density at radius 3 is 2.77 bits per heavy atom. The van der Waals surface area contributed by atoms with Gasteiger partial charge < -0.3 is 10.2 Å². The highest BCUT2D eigenvalue weighted by molar-refractivity contribution is 9.10. The zero-order chi connectivity index (χ0) is 18.9. The van der Waals surface area contributed by atoms with Gasteiger partial charge in [-0.2, -0.15) is 13.5 Å². The molecule has 1 aliphatic rings. The van der Waals surface area contributed by atoms with E-state index in [-0.39, 0.29) is 23.0 Å². The summed E-state index contributed by atoms with van der Waals surface area (Å²) in [5, 5.41) is 25.3. The van der Waals surface area contributed by atoms with E-state index in [1.807, 2.05) is 0 Å². The third-order valence-electron chi connectivity index (χ3n) is 3.62. The Morgan fingerprint density at radius 2 is 2.04 bits per heavy atom. The molecule has 1 heterocycles. The highest BCUT2D eigenvalue weighted by Crippen LogP contribution is 2.28. The van der Waals surface area contributed by atoms with Crippen molar-refractivity contribution >= 4 is 38.0 Å². The summed E-state index contributed by atoms with van der Waals surface area (Å²) in [7, 11) is -3.80. The highest BCUT2D eigenvalue weighted by atomic mass is 79.9. The van der Waals surface area contributed by atoms with Gasteiger partial charge in [-0.25, -0.2) is 5.01 Å². The maximum Gasteiger partial charge on any atom is 0.285 e. The second-order valence-electron chi connectivity index (χ2n) is 5.76. The quantitative estimate of drug-likeness (QED) is 0.564. The molecule has 9 heteroatoms. The Bertz CT molecular complexity index is 1000. The Balaban J connectivity index is 2.03. The summed E-state index contributed by atoms with van der Waals surface area (Å²) < 4.78 is 29.1. The second kappa shape index (κ2) is 7.18. The van der Waals surface area contributed by atoms with Crippen LogP contribution in [0, 0.1) is 0 Å². The molecule has 0 spiro atoms. The minimum Gasteiger partial charge on any atom is -0.507 e. The molecule has 0 aliphatic carbocycles. The molecule has 2 aromatic carbocycles. The molecule has 0 saturated carbocycles. The maximum atomic E-state index is 12.3. The van der Waals surface area contributed by atoms with Crippen molar-refractivity contribution in [2.24, 2.45) is 9.50 Å². The van der Waals surface area contributed by atoms with Gasteiger partial charge in [0, 0.05) is 15.6 Å². The highest BCUT2D eigenvalue weighted by Gasteiger charge is 2.32. The average molecular weight is 438 g/mol. The number of benzene rings is 2. The van der Waals surface area contributed by atoms with E-state index in [0.717, 1.165) is 4.47 Å². The first-order valence-corrected chi connectivity index (χ1v) is 9.94. The fraction of sp³-hybridized carbons (Fsp3) is 0.176. The SMILES string of the molecule is C[C@H](O)CN(/N=C\c1cc(Br)ccc1O)C1=NS(=O)(=O)c2ccccc21. The molecule has 0 fully saturated rings. The lowest BCUT2D eigenvalue weighted by Gasteiger charge is -2.20. The van der Waals surface area contributed by atoms with Gasteiger partial charge in [-0.3, -0.25) is 0 Å². The molecule has 0 bridgehead atoms. The van der Waals surface area contributed by atoms with Crippen molar-refractivity contribution < 1.29 is 18.6 Å². The Morgan fingerprint density at radius 1 is 1.31 bits per heavy atom. The van der Waals surface area contributed by atoms with E-state index in [4.69, 9.17) is 0 Å². The van der Waals surface area contributed by atoms with E-state index >= 15 is 0 Å². The third kappa shape index (κ3) is 3.79. The van der Waals surface area contributed by atoms with E-state index < -0.39 is 16.1 Å². The molecule has 0 radical (unpaired) electrons. The summed E-state index contributed by atoms with van der Waals surface area (Å²) in [4.78, 5) is 0.103. The van der Waals surface area contributed by atoms with E-state index in [0.29, 0.717) is 11.1 Å². The zero-order valence-corrected chi connectivity index (χ0v) is 16.1. The van der Waals surface area contributed by atoms with Crippen molar-refractivity contribution in [3.63, 3.8) is 0 Å². The van der Waals surface area contributed by atoms with Crippen molar-refractivity contribution in [1.29, 1.82) is 0 Å². The van der Waals surface area contributed by atoms with Crippen molar-refractivity contribution in [2.75, 3.05) is 6.54 Å². The second-order valence-corrected chi connectivity index (χ2v) is 8.25. The third-order valence-corrected chi connectivity index (χ3v) is 5.44. The molecule has 136 valence electrons. The van der Waals surface area contributed by atoms with Gasteiger partial charge in [0.05, 0.1) is 18.9 Å². The topological polar surface area (TPSA) is 103 Å². The van der Waals surface area contributed by atoms with Gasteiger partial charge in [-0.05, 0) is 37.3 Å². The number of phenols is 1. The molecule has 0 saturated heterocycles. The van der Waals surface area contributed by atoms with Gasteiger partial charge in [0.25, 0.3) is 10.0 Å². The number of hydrazone groups is 1. The van der Waals surface area contributed by atoms with E-state index in [2.05, 4.69) is 25.4 Å². The number of hydrogen-bond donors (Lipinski definition) is 2. The van der Waals surface area contributed by atoms with Crippen molar-refractivity contribution in [3.8, 4) is 5.75 Å². The Hall–Kier alpha value is -2.23. The molecular formula is C17H16BrN3O4S. The summed E-state index contributed by atoms with van der Waals surface area (Å²) in [5.74, 6) is 0.155. The number of sulfonamides is 1. The van der Waals surface area contributed by atoms with Crippen LogP contribution in [0.5, 0.6) is 5.75 Å². The van der Waals surface area contributed by atoms with Gasteiger partial charge in [-0.1, -0.05) is 28.1 Å². The van der Waals surface area contributed by atoms with E-state index in [1.54, 1.807) is 37.3 Å². The molecule has 0 amide bonds. The van der Waals surface area contributed by atoms with Crippen LogP contribution < -0.4 is 0 Å². The van der Waals surface area contributed by atoms with Crippen molar-refractivity contribution in [1.82, 2.24) is 5.01 Å². The first kappa shape index (κ1) is 18.6. The minimum absolute atomic E-state index is 0.0235. The number of halogens is 1. The monoisotopic (exact) mass is 437 g/mol. The van der Waals surface area contributed by atoms with Crippen LogP contribution in [-0.4, -0.2) is 48.3 Å². The fourth-order valence-corrected chi connectivity index (χ4v) is 4.06. The number of aliphatic hydroxyl groups is 1. The first-order valence-electron chi connectivity index (χ1n) is 7.70. The van der Waals surface area contributed by atoms with E-state index in [1.165, 1.54) is 23.4 Å². The van der Waals surface area contributed by atoms with Crippen LogP contribution in [0.15, 0.2) is 61.3 Å². The lowest BCUT2D eigenvalue weighted by Crippen LogP contribution is -2.32. The van der Waals surface area contributed by atoms with Gasteiger partial charge in [-0.15, -0.1) is 4.40 Å². The molecule has 1 atom stereocenters. The predicted molar refractivity (Wildman–Crippen MR) is 102 cm³/mol. The van der Waals surface area contributed by atoms with Gasteiger partial charge in [0.2, 0.25) is 0 Å². The Kier molecular flexibility index (Phi) is 5.12. The Labute approximate surface area is 159 Å². The normalized spacial score (nSPS) is 16.3.